The predicted molar refractivity (Wildman–Crippen MR) is 87.1 cm³/mol. The second-order valence-electron chi connectivity index (χ2n) is 5.44. The summed E-state index contributed by atoms with van der Waals surface area (Å²) in [6.07, 6.45) is 3.69. The van der Waals surface area contributed by atoms with Crippen LogP contribution in [-0.2, 0) is 11.3 Å². The minimum atomic E-state index is 0.176. The lowest BCUT2D eigenvalue weighted by molar-refractivity contribution is 0.199. The van der Waals surface area contributed by atoms with Crippen LogP contribution in [0.2, 0.25) is 5.02 Å². The third kappa shape index (κ3) is 4.58. The second kappa shape index (κ2) is 8.59. The molecular weight excluding hydrogens is 288 g/mol. The van der Waals surface area contributed by atoms with Crippen LogP contribution in [0.15, 0.2) is 18.2 Å². The summed E-state index contributed by atoms with van der Waals surface area (Å²) in [5.41, 5.74) is 2.36. The molecule has 0 radical (unpaired) electrons. The van der Waals surface area contributed by atoms with E-state index in [1.165, 1.54) is 30.5 Å². The first-order chi connectivity index (χ1) is 10.3. The molecule has 0 unspecified atom stereocenters. The Morgan fingerprint density at radius 1 is 1.43 bits per heavy atom. The molecule has 1 saturated carbocycles. The number of halogens is 1. The number of benzene rings is 1. The number of aliphatic hydroxyl groups is 1. The van der Waals surface area contributed by atoms with Gasteiger partial charge in [-0.25, -0.2) is 0 Å². The average Bonchev–Trinajstić information content (AvgIpc) is 2.41. The molecule has 118 valence electrons. The average molecular weight is 313 g/mol. The zero-order valence-corrected chi connectivity index (χ0v) is 13.4. The Morgan fingerprint density at radius 2 is 2.24 bits per heavy atom. The van der Waals surface area contributed by atoms with Crippen molar-refractivity contribution in [3.05, 3.63) is 28.8 Å². The Labute approximate surface area is 132 Å². The van der Waals surface area contributed by atoms with Crippen LogP contribution >= 0.6 is 11.6 Å². The van der Waals surface area contributed by atoms with Crippen molar-refractivity contribution in [2.75, 3.05) is 38.3 Å². The molecule has 1 aromatic carbocycles. The van der Waals surface area contributed by atoms with E-state index in [4.69, 9.17) is 16.3 Å². The van der Waals surface area contributed by atoms with Crippen molar-refractivity contribution < 1.29 is 9.84 Å². The Bertz CT molecular complexity index is 438. The second-order valence-corrected chi connectivity index (χ2v) is 5.88. The molecule has 0 spiro atoms. The van der Waals surface area contributed by atoms with Crippen molar-refractivity contribution in [3.63, 3.8) is 0 Å². The highest BCUT2D eigenvalue weighted by Crippen LogP contribution is 2.32. The molecule has 0 aliphatic heterocycles. The summed E-state index contributed by atoms with van der Waals surface area (Å²) in [6.45, 7) is 3.12. The normalized spacial score (nSPS) is 15.0. The topological polar surface area (TPSA) is 44.7 Å². The molecule has 0 aromatic heterocycles. The Balaban J connectivity index is 2.11. The summed E-state index contributed by atoms with van der Waals surface area (Å²) >= 11 is 6.15. The number of nitrogens with zero attached hydrogens (tertiary/aromatic N) is 1. The monoisotopic (exact) mass is 312 g/mol. The van der Waals surface area contributed by atoms with Gasteiger partial charge in [-0.1, -0.05) is 11.6 Å². The van der Waals surface area contributed by atoms with Crippen LogP contribution in [0.4, 0.5) is 5.69 Å². The van der Waals surface area contributed by atoms with Gasteiger partial charge >= 0.3 is 0 Å². The Morgan fingerprint density at radius 3 is 2.86 bits per heavy atom. The molecule has 0 bridgehead atoms. The summed E-state index contributed by atoms with van der Waals surface area (Å²) < 4.78 is 5.05. The minimum Gasteiger partial charge on any atom is -0.395 e. The first-order valence-electron chi connectivity index (χ1n) is 7.62. The lowest BCUT2D eigenvalue weighted by Gasteiger charge is -2.40. The first kappa shape index (κ1) is 16.6. The first-order valence-corrected chi connectivity index (χ1v) is 7.99. The lowest BCUT2D eigenvalue weighted by Crippen LogP contribution is -2.42. The summed E-state index contributed by atoms with van der Waals surface area (Å²) in [6, 6.07) is 6.57. The predicted octanol–water partition coefficient (Wildman–Crippen LogP) is 2.43. The van der Waals surface area contributed by atoms with E-state index in [2.05, 4.69) is 16.3 Å². The smallest absolute Gasteiger partial charge is 0.0606 e. The highest BCUT2D eigenvalue weighted by molar-refractivity contribution is 6.30. The van der Waals surface area contributed by atoms with E-state index in [9.17, 15) is 5.11 Å². The molecule has 1 aromatic rings. The Kier molecular flexibility index (Phi) is 6.77. The van der Waals surface area contributed by atoms with Crippen LogP contribution in [0.5, 0.6) is 0 Å². The van der Waals surface area contributed by atoms with Gasteiger partial charge in [0, 0.05) is 43.5 Å². The minimum absolute atomic E-state index is 0.176. The molecule has 0 atom stereocenters. The van der Waals surface area contributed by atoms with E-state index >= 15 is 0 Å². The standard InChI is InChI=1S/C16H25ClN2O2/c1-21-10-7-18-12-13-11-14(17)5-6-16(13)19(8-9-20)15-3-2-4-15/h5-6,11,15,18,20H,2-4,7-10,12H2,1H3. The maximum atomic E-state index is 9.36. The fourth-order valence-corrected chi connectivity index (χ4v) is 2.87. The molecule has 4 nitrogen and oxygen atoms in total. The molecule has 2 N–H and O–H groups in total. The highest BCUT2D eigenvalue weighted by atomic mass is 35.5. The van der Waals surface area contributed by atoms with Crippen LogP contribution in [-0.4, -0.2) is 44.6 Å². The maximum Gasteiger partial charge on any atom is 0.0606 e. The van der Waals surface area contributed by atoms with Gasteiger partial charge in [-0.3, -0.25) is 0 Å². The van der Waals surface area contributed by atoms with Gasteiger partial charge in [0.25, 0.3) is 0 Å². The van der Waals surface area contributed by atoms with Gasteiger partial charge in [0.2, 0.25) is 0 Å². The van der Waals surface area contributed by atoms with E-state index in [-0.39, 0.29) is 6.61 Å². The zero-order valence-electron chi connectivity index (χ0n) is 12.6. The molecule has 1 aliphatic carbocycles. The number of hydrogen-bond donors (Lipinski definition) is 2. The van der Waals surface area contributed by atoms with E-state index in [0.29, 0.717) is 19.2 Å². The number of methoxy groups -OCH3 is 1. The number of aliphatic hydroxyl groups excluding tert-OH is 1. The van der Waals surface area contributed by atoms with Gasteiger partial charge < -0.3 is 20.1 Å². The third-order valence-electron chi connectivity index (χ3n) is 4.01. The van der Waals surface area contributed by atoms with Crippen LogP contribution in [0.1, 0.15) is 24.8 Å². The van der Waals surface area contributed by atoms with Gasteiger partial charge in [0.15, 0.2) is 0 Å². The van der Waals surface area contributed by atoms with Gasteiger partial charge in [-0.2, -0.15) is 0 Å². The summed E-state index contributed by atoms with van der Waals surface area (Å²) in [7, 11) is 1.70. The van der Waals surface area contributed by atoms with E-state index in [0.717, 1.165) is 18.1 Å². The van der Waals surface area contributed by atoms with Gasteiger partial charge in [-0.15, -0.1) is 0 Å². The summed E-state index contributed by atoms with van der Waals surface area (Å²) in [5, 5.41) is 13.5. The van der Waals surface area contributed by atoms with Crippen molar-refractivity contribution in [2.45, 2.75) is 31.8 Å². The molecule has 5 heteroatoms. The number of rotatable bonds is 9. The lowest BCUT2D eigenvalue weighted by atomic mass is 9.90. The Hall–Kier alpha value is -0.810. The SMILES string of the molecule is COCCNCc1cc(Cl)ccc1N(CCO)C1CCC1. The number of nitrogens with one attached hydrogen (secondary N) is 1. The molecule has 0 amide bonds. The zero-order chi connectivity index (χ0) is 15.1. The molecule has 0 saturated heterocycles. The molecule has 0 heterocycles. The van der Waals surface area contributed by atoms with Crippen LogP contribution in [0.25, 0.3) is 0 Å². The molecular formula is C16H25ClN2O2. The van der Waals surface area contributed by atoms with Crippen LogP contribution in [0, 0.1) is 0 Å². The molecule has 1 aliphatic rings. The van der Waals surface area contributed by atoms with Crippen molar-refractivity contribution in [3.8, 4) is 0 Å². The van der Waals surface area contributed by atoms with E-state index < -0.39 is 0 Å². The summed E-state index contributed by atoms with van der Waals surface area (Å²) in [5.74, 6) is 0. The van der Waals surface area contributed by atoms with Gasteiger partial charge in [0.05, 0.1) is 13.2 Å². The van der Waals surface area contributed by atoms with Crippen LogP contribution in [0.3, 0.4) is 0 Å². The molecule has 21 heavy (non-hydrogen) atoms. The van der Waals surface area contributed by atoms with E-state index in [1.807, 2.05) is 12.1 Å². The third-order valence-corrected chi connectivity index (χ3v) is 4.24. The van der Waals surface area contributed by atoms with Crippen molar-refractivity contribution >= 4 is 17.3 Å². The van der Waals surface area contributed by atoms with Crippen molar-refractivity contribution in [1.82, 2.24) is 5.32 Å². The number of hydrogen-bond acceptors (Lipinski definition) is 4. The number of ether oxygens (including phenoxy) is 1. The maximum absolute atomic E-state index is 9.36. The molecule has 1 fully saturated rings. The van der Waals surface area contributed by atoms with Crippen LogP contribution < -0.4 is 10.2 Å². The van der Waals surface area contributed by atoms with Gasteiger partial charge in [-0.05, 0) is 43.0 Å². The van der Waals surface area contributed by atoms with Crippen molar-refractivity contribution in [2.24, 2.45) is 0 Å². The fraction of sp³-hybridized carbons (Fsp3) is 0.625. The highest BCUT2D eigenvalue weighted by Gasteiger charge is 2.26. The largest absolute Gasteiger partial charge is 0.395 e. The van der Waals surface area contributed by atoms with Gasteiger partial charge in [0.1, 0.15) is 0 Å². The fourth-order valence-electron chi connectivity index (χ4n) is 2.68. The molecule has 2 rings (SSSR count). The van der Waals surface area contributed by atoms with E-state index in [1.54, 1.807) is 7.11 Å². The van der Waals surface area contributed by atoms with Crippen molar-refractivity contribution in [1.29, 1.82) is 0 Å². The number of anilines is 1. The quantitative estimate of drug-likeness (QED) is 0.687. The summed E-state index contributed by atoms with van der Waals surface area (Å²) in [4.78, 5) is 2.33.